The number of hydrogen-bond donors (Lipinski definition) is 1. The van der Waals surface area contributed by atoms with Crippen LogP contribution in [0.15, 0.2) is 0 Å². The van der Waals surface area contributed by atoms with Crippen LogP contribution in [0.1, 0.15) is 298 Å². The van der Waals surface area contributed by atoms with Crippen LogP contribution in [-0.2, 0) is 4.79 Å². The molecular formula is C58H124O2. The average Bonchev–Trinajstić information content (AvgIpc) is 3.54. The smallest absolute Gasteiger partial charge is 0.303 e. The summed E-state index contributed by atoms with van der Waals surface area (Å²) in [5, 5.41) is 8.28. The molecule has 60 heavy (non-hydrogen) atoms. The summed E-state index contributed by atoms with van der Waals surface area (Å²) < 4.78 is 0. The van der Waals surface area contributed by atoms with E-state index in [9.17, 15) is 4.79 Å². The Hall–Kier alpha value is -0.530. The Morgan fingerprint density at radius 1 is 0.467 bits per heavy atom. The predicted octanol–water partition coefficient (Wildman–Crippen LogP) is 21.0. The zero-order valence-electron chi connectivity index (χ0n) is 48.4. The highest BCUT2D eigenvalue weighted by Crippen LogP contribution is 2.39. The summed E-state index contributed by atoms with van der Waals surface area (Å²) in [6, 6.07) is 0. The third kappa shape index (κ3) is 48.5. The van der Waals surface area contributed by atoms with Crippen molar-refractivity contribution >= 4 is 5.97 Å². The summed E-state index contributed by atoms with van der Waals surface area (Å²) >= 11 is 0. The van der Waals surface area contributed by atoms with Crippen molar-refractivity contribution in [2.75, 3.05) is 0 Å². The summed E-state index contributed by atoms with van der Waals surface area (Å²) in [5.74, 6) is 2.96. The number of carboxylic acids is 1. The van der Waals surface area contributed by atoms with Gasteiger partial charge in [-0.25, -0.2) is 0 Å². The van der Waals surface area contributed by atoms with E-state index in [0.717, 1.165) is 30.1 Å². The van der Waals surface area contributed by atoms with Crippen molar-refractivity contribution in [3.05, 3.63) is 0 Å². The molecule has 2 heteroatoms. The zero-order valence-corrected chi connectivity index (χ0v) is 48.4. The Morgan fingerprint density at radius 2 is 0.733 bits per heavy atom. The molecule has 0 aromatic rings. The molecule has 0 bridgehead atoms. The fourth-order valence-electron chi connectivity index (χ4n) is 6.45. The Morgan fingerprint density at radius 3 is 0.817 bits per heavy atom. The van der Waals surface area contributed by atoms with Crippen molar-refractivity contribution in [3.63, 3.8) is 0 Å². The number of hydrogen-bond acceptors (Lipinski definition) is 1. The average molecular weight is 854 g/mol. The number of rotatable bonds is 3. The Kier molecular flexibility index (Phi) is 33.2. The van der Waals surface area contributed by atoms with Crippen LogP contribution in [0.25, 0.3) is 0 Å². The molecule has 2 nitrogen and oxygen atoms in total. The standard InChI is InChI=1S/C10H20.C9H18.C9H20.2C8H18.C7H14O2.C7H16/c1-10(2,3)9-7-5-4-6-8-9;1-9(2,3)8-6-4-5-7-8;1-8(2,3)7-9(4,5)6;1-7(2,3)8(4,5)6;1-6-7(2)8(3,4)5;1-7(2,3)5-4-6(8)9;1-6(2)7(3,4)5/h9H,4-8H2,1-3H3;8H,4-7H2,1-3H3;7H2,1-6H3;1-6H3;7H,6H2,1-5H3;4-5H2,1-3H3,(H,8,9);6H,1-5H3. The van der Waals surface area contributed by atoms with Crippen LogP contribution in [0, 0.1) is 72.4 Å². The molecule has 0 saturated heterocycles. The molecule has 0 radical (unpaired) electrons. The van der Waals surface area contributed by atoms with Gasteiger partial charge in [0.2, 0.25) is 0 Å². The van der Waals surface area contributed by atoms with Crippen LogP contribution in [0.2, 0.25) is 0 Å². The van der Waals surface area contributed by atoms with Gasteiger partial charge < -0.3 is 5.11 Å². The van der Waals surface area contributed by atoms with Gasteiger partial charge in [-0.3, -0.25) is 4.79 Å². The fourth-order valence-corrected chi connectivity index (χ4v) is 6.45. The summed E-state index contributed by atoms with van der Waals surface area (Å²) in [7, 11) is 0. The summed E-state index contributed by atoms with van der Waals surface area (Å²) in [4.78, 5) is 10.0. The molecule has 1 N–H and O–H groups in total. The van der Waals surface area contributed by atoms with E-state index >= 15 is 0 Å². The second-order valence-electron chi connectivity index (χ2n) is 29.5. The highest BCUT2D eigenvalue weighted by Gasteiger charge is 2.28. The van der Waals surface area contributed by atoms with E-state index in [4.69, 9.17) is 5.11 Å². The Labute approximate surface area is 385 Å². The molecule has 1 atom stereocenters. The van der Waals surface area contributed by atoms with Crippen LogP contribution in [-0.4, -0.2) is 11.1 Å². The minimum absolute atomic E-state index is 0.151. The first kappa shape index (κ1) is 68.5. The topological polar surface area (TPSA) is 37.3 Å². The maximum atomic E-state index is 10.0. The van der Waals surface area contributed by atoms with Crippen molar-refractivity contribution in [3.8, 4) is 0 Å². The lowest BCUT2D eigenvalue weighted by atomic mass is 9.71. The number of carboxylic acid groups (broad SMARTS) is 1. The van der Waals surface area contributed by atoms with Crippen molar-refractivity contribution in [2.45, 2.75) is 298 Å². The summed E-state index contributed by atoms with van der Waals surface area (Å²) in [6.07, 6.45) is 16.9. The van der Waals surface area contributed by atoms with Crippen LogP contribution in [0.5, 0.6) is 0 Å². The largest absolute Gasteiger partial charge is 0.481 e. The molecule has 2 aliphatic carbocycles. The maximum Gasteiger partial charge on any atom is 0.303 e. The highest BCUT2D eigenvalue weighted by molar-refractivity contribution is 5.66. The molecule has 0 spiro atoms. The van der Waals surface area contributed by atoms with Crippen molar-refractivity contribution in [2.24, 2.45) is 72.4 Å². The van der Waals surface area contributed by atoms with Gasteiger partial charge in [0.15, 0.2) is 0 Å². The molecule has 2 aliphatic rings. The van der Waals surface area contributed by atoms with E-state index in [0.29, 0.717) is 43.3 Å². The van der Waals surface area contributed by atoms with Gasteiger partial charge >= 0.3 is 5.97 Å². The van der Waals surface area contributed by atoms with Gasteiger partial charge in [-0.15, -0.1) is 0 Å². The van der Waals surface area contributed by atoms with E-state index in [1.54, 1.807) is 0 Å². The third-order valence-electron chi connectivity index (χ3n) is 13.6. The first-order valence-corrected chi connectivity index (χ1v) is 25.2. The van der Waals surface area contributed by atoms with Gasteiger partial charge in [-0.1, -0.05) is 253 Å². The molecular weight excluding hydrogens is 729 g/mol. The monoisotopic (exact) mass is 853 g/mol. The predicted molar refractivity (Wildman–Crippen MR) is 279 cm³/mol. The van der Waals surface area contributed by atoms with Gasteiger partial charge in [-0.2, -0.15) is 0 Å². The lowest BCUT2D eigenvalue weighted by Gasteiger charge is -2.34. The van der Waals surface area contributed by atoms with Gasteiger partial charge in [0.25, 0.3) is 0 Å². The van der Waals surface area contributed by atoms with Crippen LogP contribution in [0.3, 0.4) is 0 Å². The van der Waals surface area contributed by atoms with E-state index in [2.05, 4.69) is 194 Å². The molecule has 0 aromatic carbocycles. The van der Waals surface area contributed by atoms with Crippen LogP contribution >= 0.6 is 0 Å². The van der Waals surface area contributed by atoms with Gasteiger partial charge in [0, 0.05) is 6.42 Å². The molecule has 0 amide bonds. The zero-order chi connectivity index (χ0) is 49.6. The molecule has 0 aliphatic heterocycles. The number of carbonyl (C=O) groups is 1. The molecule has 0 aromatic heterocycles. The fraction of sp³-hybridized carbons (Fsp3) is 0.983. The first-order chi connectivity index (χ1) is 26.0. The lowest BCUT2D eigenvalue weighted by Crippen LogP contribution is -2.25. The Balaban J connectivity index is -0.000000197. The molecule has 368 valence electrons. The normalized spacial score (nSPS) is 16.7. The second-order valence-corrected chi connectivity index (χ2v) is 29.5. The SMILES string of the molecule is CC(C)(C)C(C)(C)C.CC(C)(C)C1CCCC1.CC(C)(C)C1CCCCC1.CC(C)(C)CC(C)(C)C.CC(C)(C)CCC(=O)O.CC(C)C(C)(C)C.CCC(C)C(C)(C)C. The lowest BCUT2D eigenvalue weighted by molar-refractivity contribution is -0.137. The minimum Gasteiger partial charge on any atom is -0.481 e. The number of aliphatic carboxylic acids is 1. The van der Waals surface area contributed by atoms with E-state index < -0.39 is 5.97 Å². The van der Waals surface area contributed by atoms with Crippen molar-refractivity contribution in [1.29, 1.82) is 0 Å². The van der Waals surface area contributed by atoms with Crippen LogP contribution in [0.4, 0.5) is 0 Å². The minimum atomic E-state index is -0.704. The quantitative estimate of drug-likeness (QED) is 0.307. The van der Waals surface area contributed by atoms with Gasteiger partial charge in [-0.05, 0) is 111 Å². The van der Waals surface area contributed by atoms with E-state index in [-0.39, 0.29) is 11.8 Å². The Bertz CT molecular complexity index is 975. The maximum absolute atomic E-state index is 10.0. The second kappa shape index (κ2) is 29.1. The summed E-state index contributed by atoms with van der Waals surface area (Å²) in [6.45, 7) is 70.4. The highest BCUT2D eigenvalue weighted by atomic mass is 16.4. The van der Waals surface area contributed by atoms with Crippen molar-refractivity contribution < 1.29 is 9.90 Å². The third-order valence-corrected chi connectivity index (χ3v) is 13.6. The first-order valence-electron chi connectivity index (χ1n) is 25.2. The molecule has 1 unspecified atom stereocenters. The van der Waals surface area contributed by atoms with Gasteiger partial charge in [0.1, 0.15) is 0 Å². The van der Waals surface area contributed by atoms with E-state index in [1.165, 1.54) is 70.6 Å². The van der Waals surface area contributed by atoms with Crippen molar-refractivity contribution in [1.82, 2.24) is 0 Å². The summed E-state index contributed by atoms with van der Waals surface area (Å²) in [5.41, 5.74) is 4.15. The van der Waals surface area contributed by atoms with E-state index in [1.807, 2.05) is 20.8 Å². The molecule has 2 fully saturated rings. The van der Waals surface area contributed by atoms with Crippen LogP contribution < -0.4 is 0 Å². The molecule has 2 rings (SSSR count). The molecule has 0 heterocycles. The van der Waals surface area contributed by atoms with Gasteiger partial charge in [0.05, 0.1) is 0 Å². The molecule has 2 saturated carbocycles.